The van der Waals surface area contributed by atoms with E-state index in [1.54, 1.807) is 0 Å². The van der Waals surface area contributed by atoms with Crippen LogP contribution in [0.3, 0.4) is 0 Å². The monoisotopic (exact) mass is 734 g/mol. The highest BCUT2D eigenvalue weighted by Gasteiger charge is 2.14. The molecule has 0 spiro atoms. The van der Waals surface area contributed by atoms with Crippen LogP contribution in [0.25, 0.3) is 0 Å². The van der Waals surface area contributed by atoms with Crippen molar-refractivity contribution < 1.29 is 28.6 Å². The maximum absolute atomic E-state index is 12.5. The number of carbonyl (C=O) groups excluding carboxylic acids is 3. The lowest BCUT2D eigenvalue weighted by molar-refractivity contribution is -0.150. The minimum absolute atomic E-state index is 0.0277. The minimum atomic E-state index is -0.104. The molecule has 0 heterocycles. The molecule has 0 rings (SSSR count). The second-order valence-electron chi connectivity index (χ2n) is 15.1. The third-order valence-electron chi connectivity index (χ3n) is 9.56. The maximum atomic E-state index is 12.5. The van der Waals surface area contributed by atoms with Gasteiger partial charge in [0, 0.05) is 19.3 Å². The van der Waals surface area contributed by atoms with Crippen molar-refractivity contribution in [2.45, 2.75) is 213 Å². The average Bonchev–Trinajstić information content (AvgIpc) is 3.12. The molecule has 0 N–H and O–H groups in total. The van der Waals surface area contributed by atoms with Crippen LogP contribution in [0.2, 0.25) is 0 Å². The Bertz CT molecular complexity index is 814. The molecule has 0 aliphatic heterocycles. The second kappa shape index (κ2) is 40.0. The van der Waals surface area contributed by atoms with Gasteiger partial charge >= 0.3 is 17.9 Å². The smallest absolute Gasteiger partial charge is 0.306 e. The summed E-state index contributed by atoms with van der Waals surface area (Å²) < 4.78 is 16.6. The third kappa shape index (κ3) is 39.1. The molecule has 0 amide bonds. The summed E-state index contributed by atoms with van der Waals surface area (Å²) in [7, 11) is 4.04. The van der Waals surface area contributed by atoms with Crippen molar-refractivity contribution in [3.63, 3.8) is 0 Å². The molecular formula is C45H83NO6. The van der Waals surface area contributed by atoms with Crippen molar-refractivity contribution in [3.05, 3.63) is 24.3 Å². The van der Waals surface area contributed by atoms with Gasteiger partial charge in [-0.1, -0.05) is 141 Å². The Morgan fingerprint density at radius 1 is 0.462 bits per heavy atom. The van der Waals surface area contributed by atoms with E-state index >= 15 is 0 Å². The van der Waals surface area contributed by atoms with Crippen LogP contribution in [0.4, 0.5) is 0 Å². The lowest BCUT2D eigenvalue weighted by Gasteiger charge is -2.18. The molecule has 0 unspecified atom stereocenters. The first kappa shape index (κ1) is 49.9. The van der Waals surface area contributed by atoms with Crippen LogP contribution < -0.4 is 0 Å². The summed E-state index contributed by atoms with van der Waals surface area (Å²) in [4.78, 5) is 38.8. The molecule has 0 atom stereocenters. The van der Waals surface area contributed by atoms with Gasteiger partial charge < -0.3 is 19.1 Å². The molecule has 0 saturated heterocycles. The lowest BCUT2D eigenvalue weighted by Crippen LogP contribution is -2.20. The van der Waals surface area contributed by atoms with Gasteiger partial charge in [0.1, 0.15) is 19.3 Å². The summed E-state index contributed by atoms with van der Waals surface area (Å²) in [5.41, 5.74) is 0. The van der Waals surface area contributed by atoms with Gasteiger partial charge in [0.05, 0.1) is 0 Å². The normalized spacial score (nSPS) is 12.2. The standard InChI is InChI=1S/C45H83NO6/c1-5-7-9-11-13-15-17-25-31-40-50-43(47)36-29-23-19-21-27-34-42(52-45(49)38-33-39-46(3)4)35-28-22-20-24-30-37-44(48)51-41-32-26-18-16-14-12-10-8-6-2/h25-26,31-32,42H,5-24,27-30,33-41H2,1-4H3. The van der Waals surface area contributed by atoms with Gasteiger partial charge in [-0.3, -0.25) is 14.4 Å². The van der Waals surface area contributed by atoms with Crippen molar-refractivity contribution in [3.8, 4) is 0 Å². The summed E-state index contributed by atoms with van der Waals surface area (Å²) in [6.07, 6.45) is 40.1. The molecule has 7 heteroatoms. The minimum Gasteiger partial charge on any atom is -0.462 e. The zero-order valence-corrected chi connectivity index (χ0v) is 34.6. The molecule has 0 radical (unpaired) electrons. The van der Waals surface area contributed by atoms with E-state index in [4.69, 9.17) is 14.2 Å². The Kier molecular flexibility index (Phi) is 38.4. The number of unbranched alkanes of at least 4 members (excludes halogenated alkanes) is 20. The first-order valence-electron chi connectivity index (χ1n) is 21.8. The number of rotatable bonds is 39. The molecule has 0 aliphatic rings. The van der Waals surface area contributed by atoms with Gasteiger partial charge in [0.25, 0.3) is 0 Å². The highest BCUT2D eigenvalue weighted by molar-refractivity contribution is 5.70. The molecule has 0 aromatic rings. The number of hydrogen-bond donors (Lipinski definition) is 0. The Labute approximate surface area is 321 Å². The van der Waals surface area contributed by atoms with Crippen molar-refractivity contribution in [2.75, 3.05) is 33.9 Å². The summed E-state index contributed by atoms with van der Waals surface area (Å²) in [6, 6.07) is 0. The quantitative estimate of drug-likeness (QED) is 0.0269. The zero-order valence-electron chi connectivity index (χ0n) is 34.6. The number of ether oxygens (including phenoxy) is 3. The molecule has 0 aromatic carbocycles. The molecule has 0 bridgehead atoms. The van der Waals surface area contributed by atoms with E-state index in [-0.39, 0.29) is 24.0 Å². The molecule has 0 aliphatic carbocycles. The highest BCUT2D eigenvalue weighted by atomic mass is 16.5. The van der Waals surface area contributed by atoms with Crippen molar-refractivity contribution in [1.29, 1.82) is 0 Å². The maximum Gasteiger partial charge on any atom is 0.306 e. The Hall–Kier alpha value is -2.15. The van der Waals surface area contributed by atoms with Gasteiger partial charge in [-0.25, -0.2) is 0 Å². The fourth-order valence-electron chi connectivity index (χ4n) is 6.27. The van der Waals surface area contributed by atoms with Crippen LogP contribution in [-0.2, 0) is 28.6 Å². The van der Waals surface area contributed by atoms with E-state index in [2.05, 4.69) is 30.9 Å². The lowest BCUT2D eigenvalue weighted by atomic mass is 10.0. The van der Waals surface area contributed by atoms with Crippen molar-refractivity contribution in [1.82, 2.24) is 4.90 Å². The molecule has 0 saturated carbocycles. The van der Waals surface area contributed by atoms with Crippen LogP contribution >= 0.6 is 0 Å². The van der Waals surface area contributed by atoms with Crippen molar-refractivity contribution >= 4 is 17.9 Å². The predicted octanol–water partition coefficient (Wildman–Crippen LogP) is 12.4. The molecule has 52 heavy (non-hydrogen) atoms. The van der Waals surface area contributed by atoms with E-state index < -0.39 is 0 Å². The first-order valence-corrected chi connectivity index (χ1v) is 21.8. The number of allylic oxidation sites excluding steroid dienone is 2. The topological polar surface area (TPSA) is 82.1 Å². The van der Waals surface area contributed by atoms with Crippen molar-refractivity contribution in [2.24, 2.45) is 0 Å². The molecule has 304 valence electrons. The first-order chi connectivity index (χ1) is 25.4. The summed E-state index contributed by atoms with van der Waals surface area (Å²) >= 11 is 0. The largest absolute Gasteiger partial charge is 0.462 e. The van der Waals surface area contributed by atoms with Gasteiger partial charge in [-0.05, 0) is 91.3 Å². The van der Waals surface area contributed by atoms with Gasteiger partial charge in [-0.15, -0.1) is 0 Å². The van der Waals surface area contributed by atoms with Crippen LogP contribution in [0, 0.1) is 0 Å². The van der Waals surface area contributed by atoms with E-state index in [1.165, 1.54) is 77.0 Å². The summed E-state index contributed by atoms with van der Waals surface area (Å²) in [6.45, 7) is 6.13. The second-order valence-corrected chi connectivity index (χ2v) is 15.1. The van der Waals surface area contributed by atoms with Crippen LogP contribution in [0.1, 0.15) is 206 Å². The predicted molar refractivity (Wildman–Crippen MR) is 218 cm³/mol. The van der Waals surface area contributed by atoms with Crippen LogP contribution in [-0.4, -0.2) is 62.8 Å². The number of nitrogens with zero attached hydrogens (tertiary/aromatic N) is 1. The molecule has 0 aromatic heterocycles. The zero-order chi connectivity index (χ0) is 38.2. The Morgan fingerprint density at radius 3 is 1.29 bits per heavy atom. The number of esters is 3. The number of carbonyl (C=O) groups is 3. The Balaban J connectivity index is 4.08. The van der Waals surface area contributed by atoms with Gasteiger partial charge in [0.2, 0.25) is 0 Å². The van der Waals surface area contributed by atoms with Gasteiger partial charge in [-0.2, -0.15) is 0 Å². The van der Waals surface area contributed by atoms with Gasteiger partial charge in [0.15, 0.2) is 0 Å². The SMILES string of the molecule is CCCCCCCCC=CCOC(=O)CCCCCCCC(CCCCCCCC(=O)OCC=CCCCCCCCC)OC(=O)CCCN(C)C. The fourth-order valence-corrected chi connectivity index (χ4v) is 6.27. The number of hydrogen-bond acceptors (Lipinski definition) is 7. The van der Waals surface area contributed by atoms with Crippen LogP contribution in [0.5, 0.6) is 0 Å². The third-order valence-corrected chi connectivity index (χ3v) is 9.56. The fraction of sp³-hybridized carbons (Fsp3) is 0.844. The molecular weight excluding hydrogens is 650 g/mol. The average molecular weight is 734 g/mol. The van der Waals surface area contributed by atoms with E-state index in [1.807, 2.05) is 26.2 Å². The Morgan fingerprint density at radius 2 is 0.846 bits per heavy atom. The summed E-state index contributed by atoms with van der Waals surface area (Å²) in [5, 5.41) is 0. The van der Waals surface area contributed by atoms with E-state index in [0.717, 1.165) is 103 Å². The summed E-state index contributed by atoms with van der Waals surface area (Å²) in [5.74, 6) is -0.294. The van der Waals surface area contributed by atoms with E-state index in [0.29, 0.717) is 32.5 Å². The van der Waals surface area contributed by atoms with Crippen LogP contribution in [0.15, 0.2) is 24.3 Å². The molecule has 7 nitrogen and oxygen atoms in total. The molecule has 0 fully saturated rings. The highest BCUT2D eigenvalue weighted by Crippen LogP contribution is 2.18. The van der Waals surface area contributed by atoms with E-state index in [9.17, 15) is 14.4 Å².